The molecule has 0 aliphatic carbocycles. The van der Waals surface area contributed by atoms with Crippen molar-refractivity contribution in [1.82, 2.24) is 14.2 Å². The number of halogens is 1. The highest BCUT2D eigenvalue weighted by atomic mass is 35.5. The predicted octanol–water partition coefficient (Wildman–Crippen LogP) is 1.48. The minimum atomic E-state index is -3.69. The van der Waals surface area contributed by atoms with Crippen molar-refractivity contribution in [3.05, 3.63) is 35.6 Å². The van der Waals surface area contributed by atoms with Crippen LogP contribution in [0.5, 0.6) is 0 Å². The number of nitrogens with one attached hydrogen (secondary N) is 1. The SMILES string of the molecule is CC1CN(C(=N)N)CCN1S(=O)(=O)c1cccc2c(Cl)nccc12. The van der Waals surface area contributed by atoms with Gasteiger partial charge in [0.25, 0.3) is 0 Å². The second kappa shape index (κ2) is 6.19. The summed E-state index contributed by atoms with van der Waals surface area (Å²) < 4.78 is 27.8. The van der Waals surface area contributed by atoms with Crippen molar-refractivity contribution < 1.29 is 8.42 Å². The summed E-state index contributed by atoms with van der Waals surface area (Å²) in [6, 6.07) is 6.36. The van der Waals surface area contributed by atoms with Gasteiger partial charge in [0.1, 0.15) is 5.15 Å². The fourth-order valence-corrected chi connectivity index (χ4v) is 5.05. The standard InChI is InChI=1S/C15H18ClN5O2S/c1-10-9-20(15(17)18)7-8-21(10)24(22,23)13-4-2-3-12-11(13)5-6-19-14(12)16/h2-6,10H,7-9H2,1H3,(H3,17,18). The molecule has 2 heterocycles. The zero-order chi connectivity index (χ0) is 17.5. The second-order valence-electron chi connectivity index (χ2n) is 5.75. The van der Waals surface area contributed by atoms with E-state index < -0.39 is 10.0 Å². The van der Waals surface area contributed by atoms with Gasteiger partial charge in [0, 0.05) is 42.6 Å². The van der Waals surface area contributed by atoms with Crippen molar-refractivity contribution in [2.24, 2.45) is 5.73 Å². The minimum Gasteiger partial charge on any atom is -0.370 e. The number of aromatic nitrogens is 1. The lowest BCUT2D eigenvalue weighted by atomic mass is 10.2. The van der Waals surface area contributed by atoms with Crippen molar-refractivity contribution in [3.8, 4) is 0 Å². The highest BCUT2D eigenvalue weighted by molar-refractivity contribution is 7.89. The Balaban J connectivity index is 2.03. The van der Waals surface area contributed by atoms with E-state index in [4.69, 9.17) is 22.7 Å². The lowest BCUT2D eigenvalue weighted by Crippen LogP contribution is -2.56. The summed E-state index contributed by atoms with van der Waals surface area (Å²) in [5.41, 5.74) is 5.51. The first-order chi connectivity index (χ1) is 11.3. The quantitative estimate of drug-likeness (QED) is 0.475. The van der Waals surface area contributed by atoms with Gasteiger partial charge in [-0.3, -0.25) is 5.41 Å². The van der Waals surface area contributed by atoms with Crippen LogP contribution in [0, 0.1) is 5.41 Å². The van der Waals surface area contributed by atoms with Crippen LogP contribution >= 0.6 is 11.6 Å². The maximum atomic E-state index is 13.2. The van der Waals surface area contributed by atoms with Gasteiger partial charge in [-0.25, -0.2) is 13.4 Å². The second-order valence-corrected chi connectivity index (χ2v) is 7.97. The smallest absolute Gasteiger partial charge is 0.244 e. The Morgan fingerprint density at radius 3 is 2.75 bits per heavy atom. The fraction of sp³-hybridized carbons (Fsp3) is 0.333. The number of hydrogen-bond acceptors (Lipinski definition) is 4. The van der Waals surface area contributed by atoms with E-state index in [0.717, 1.165) is 0 Å². The Morgan fingerprint density at radius 1 is 1.33 bits per heavy atom. The molecular formula is C15H18ClN5O2S. The first-order valence-corrected chi connectivity index (χ1v) is 9.28. The number of rotatable bonds is 2. The van der Waals surface area contributed by atoms with Gasteiger partial charge in [0.15, 0.2) is 5.96 Å². The van der Waals surface area contributed by atoms with Gasteiger partial charge in [-0.1, -0.05) is 23.7 Å². The Morgan fingerprint density at radius 2 is 2.08 bits per heavy atom. The van der Waals surface area contributed by atoms with Crippen LogP contribution in [0.2, 0.25) is 5.15 Å². The molecule has 0 bridgehead atoms. The Labute approximate surface area is 145 Å². The number of nitrogens with zero attached hydrogens (tertiary/aromatic N) is 3. The molecule has 1 unspecified atom stereocenters. The third kappa shape index (κ3) is 2.81. The molecule has 1 aromatic carbocycles. The molecule has 9 heteroatoms. The number of hydrogen-bond donors (Lipinski definition) is 2. The molecule has 0 saturated carbocycles. The summed E-state index contributed by atoms with van der Waals surface area (Å²) in [4.78, 5) is 5.88. The number of piperazine rings is 1. The Bertz CT molecular complexity index is 902. The maximum Gasteiger partial charge on any atom is 0.244 e. The van der Waals surface area contributed by atoms with E-state index in [9.17, 15) is 8.42 Å². The van der Waals surface area contributed by atoms with Gasteiger partial charge in [-0.2, -0.15) is 4.31 Å². The third-order valence-corrected chi connectivity index (χ3v) is 6.58. The van der Waals surface area contributed by atoms with E-state index >= 15 is 0 Å². The van der Waals surface area contributed by atoms with Crippen LogP contribution < -0.4 is 5.73 Å². The highest BCUT2D eigenvalue weighted by Crippen LogP contribution is 2.30. The molecule has 0 radical (unpaired) electrons. The Hall–Kier alpha value is -1.90. The van der Waals surface area contributed by atoms with Crippen LogP contribution in [0.3, 0.4) is 0 Å². The summed E-state index contributed by atoms with van der Waals surface area (Å²) in [5, 5.41) is 8.95. The lowest BCUT2D eigenvalue weighted by molar-refractivity contribution is 0.203. The number of nitrogens with two attached hydrogens (primary N) is 1. The van der Waals surface area contributed by atoms with Crippen molar-refractivity contribution in [3.63, 3.8) is 0 Å². The molecule has 2 aromatic rings. The van der Waals surface area contributed by atoms with Gasteiger partial charge >= 0.3 is 0 Å². The van der Waals surface area contributed by atoms with E-state index in [1.165, 1.54) is 10.5 Å². The average Bonchev–Trinajstić information content (AvgIpc) is 2.54. The molecule has 128 valence electrons. The van der Waals surface area contributed by atoms with Crippen LogP contribution in [-0.4, -0.2) is 54.2 Å². The van der Waals surface area contributed by atoms with E-state index in [2.05, 4.69) is 4.98 Å². The van der Waals surface area contributed by atoms with Gasteiger partial charge in [-0.05, 0) is 19.1 Å². The molecule has 1 aliphatic heterocycles. The molecule has 7 nitrogen and oxygen atoms in total. The van der Waals surface area contributed by atoms with Crippen LogP contribution in [0.1, 0.15) is 6.92 Å². The van der Waals surface area contributed by atoms with Crippen LogP contribution in [-0.2, 0) is 10.0 Å². The molecule has 3 rings (SSSR count). The van der Waals surface area contributed by atoms with Crippen LogP contribution in [0.4, 0.5) is 0 Å². The molecule has 1 aromatic heterocycles. The molecule has 1 saturated heterocycles. The van der Waals surface area contributed by atoms with Gasteiger partial charge < -0.3 is 10.6 Å². The molecule has 3 N–H and O–H groups in total. The zero-order valence-electron chi connectivity index (χ0n) is 13.1. The van der Waals surface area contributed by atoms with Crippen molar-refractivity contribution in [2.75, 3.05) is 19.6 Å². The monoisotopic (exact) mass is 367 g/mol. The summed E-state index contributed by atoms with van der Waals surface area (Å²) in [6.07, 6.45) is 1.50. The van der Waals surface area contributed by atoms with Crippen molar-refractivity contribution in [2.45, 2.75) is 17.9 Å². The molecule has 1 atom stereocenters. The third-order valence-electron chi connectivity index (χ3n) is 4.21. The van der Waals surface area contributed by atoms with E-state index in [0.29, 0.717) is 23.9 Å². The van der Waals surface area contributed by atoms with E-state index in [1.54, 1.807) is 29.2 Å². The summed E-state index contributed by atoms with van der Waals surface area (Å²) in [6.45, 7) is 2.87. The largest absolute Gasteiger partial charge is 0.370 e. The first-order valence-electron chi connectivity index (χ1n) is 7.46. The topological polar surface area (TPSA) is 103 Å². The number of benzene rings is 1. The van der Waals surface area contributed by atoms with Crippen LogP contribution in [0.15, 0.2) is 35.4 Å². The first kappa shape index (κ1) is 16.9. The van der Waals surface area contributed by atoms with E-state index in [-0.39, 0.29) is 28.6 Å². The predicted molar refractivity (Wildman–Crippen MR) is 93.6 cm³/mol. The molecular weight excluding hydrogens is 350 g/mol. The van der Waals surface area contributed by atoms with Crippen LogP contribution in [0.25, 0.3) is 10.8 Å². The fourth-order valence-electron chi connectivity index (χ4n) is 3.01. The van der Waals surface area contributed by atoms with E-state index in [1.807, 2.05) is 6.92 Å². The molecule has 0 amide bonds. The zero-order valence-corrected chi connectivity index (χ0v) is 14.7. The minimum absolute atomic E-state index is 0.0399. The summed E-state index contributed by atoms with van der Waals surface area (Å²) in [7, 11) is -3.69. The molecule has 24 heavy (non-hydrogen) atoms. The number of pyridine rings is 1. The highest BCUT2D eigenvalue weighted by Gasteiger charge is 2.35. The van der Waals surface area contributed by atoms with Gasteiger partial charge in [0.05, 0.1) is 4.90 Å². The van der Waals surface area contributed by atoms with Gasteiger partial charge in [0.2, 0.25) is 10.0 Å². The van der Waals surface area contributed by atoms with Gasteiger partial charge in [-0.15, -0.1) is 0 Å². The molecule has 1 fully saturated rings. The maximum absolute atomic E-state index is 13.2. The average molecular weight is 368 g/mol. The number of fused-ring (bicyclic) bond motifs is 1. The Kier molecular flexibility index (Phi) is 4.37. The number of sulfonamides is 1. The summed E-state index contributed by atoms with van der Waals surface area (Å²) >= 11 is 6.08. The molecule has 0 spiro atoms. The number of guanidine groups is 1. The lowest BCUT2D eigenvalue weighted by Gasteiger charge is -2.39. The molecule has 1 aliphatic rings. The summed E-state index contributed by atoms with van der Waals surface area (Å²) in [5.74, 6) is -0.0399. The normalized spacial score (nSPS) is 19.6. The van der Waals surface area contributed by atoms with Crippen molar-refractivity contribution in [1.29, 1.82) is 5.41 Å². The van der Waals surface area contributed by atoms with Crippen molar-refractivity contribution >= 4 is 38.4 Å².